The van der Waals surface area contributed by atoms with Crippen LogP contribution >= 0.6 is 35.3 Å². The van der Waals surface area contributed by atoms with Crippen molar-refractivity contribution in [2.75, 3.05) is 32.1 Å². The van der Waals surface area contributed by atoms with Crippen LogP contribution in [0.4, 0.5) is 5.13 Å². The normalized spacial score (nSPS) is 11.0. The summed E-state index contributed by atoms with van der Waals surface area (Å²) in [6.45, 7) is 7.40. The quantitative estimate of drug-likeness (QED) is 0.528. The Morgan fingerprint density at radius 1 is 1.04 bits per heavy atom. The first-order chi connectivity index (χ1) is 12.8. The molecule has 0 saturated carbocycles. The molecule has 0 radical (unpaired) electrons. The van der Waals surface area contributed by atoms with Crippen LogP contribution in [0.2, 0.25) is 5.02 Å². The summed E-state index contributed by atoms with van der Waals surface area (Å²) in [7, 11) is 4.00. The topological polar surface area (TPSA) is 36.4 Å². The van der Waals surface area contributed by atoms with Crippen molar-refractivity contribution in [2.24, 2.45) is 0 Å². The Labute approximate surface area is 181 Å². The van der Waals surface area contributed by atoms with E-state index in [-0.39, 0.29) is 18.3 Å². The van der Waals surface area contributed by atoms with Gasteiger partial charge in [-0.25, -0.2) is 4.98 Å². The summed E-state index contributed by atoms with van der Waals surface area (Å²) < 4.78 is 0.998. The molecule has 0 aliphatic rings. The van der Waals surface area contributed by atoms with Crippen LogP contribution < -0.4 is 4.90 Å². The number of likely N-dealkylation sites (N-methyl/N-ethyl adjacent to an activating group) is 1. The van der Waals surface area contributed by atoms with Gasteiger partial charge in [-0.1, -0.05) is 29.0 Å². The molecule has 0 aliphatic heterocycles. The van der Waals surface area contributed by atoms with E-state index >= 15 is 0 Å². The molecule has 150 valence electrons. The van der Waals surface area contributed by atoms with Crippen LogP contribution in [0.1, 0.15) is 27.0 Å². The van der Waals surface area contributed by atoms with E-state index in [1.807, 2.05) is 65.2 Å². The molecule has 0 fully saturated rings. The molecule has 0 atom stereocenters. The number of aromatic nitrogens is 1. The summed E-state index contributed by atoms with van der Waals surface area (Å²) in [4.78, 5) is 21.9. The minimum absolute atomic E-state index is 0. The van der Waals surface area contributed by atoms with Gasteiger partial charge in [-0.3, -0.25) is 9.69 Å². The maximum absolute atomic E-state index is 13.3. The fourth-order valence-corrected chi connectivity index (χ4v) is 4.32. The number of fused-ring (bicyclic) bond motifs is 1. The van der Waals surface area contributed by atoms with E-state index in [1.165, 1.54) is 16.9 Å². The zero-order valence-corrected chi connectivity index (χ0v) is 19.1. The van der Waals surface area contributed by atoms with Gasteiger partial charge in [-0.15, -0.1) is 12.4 Å². The van der Waals surface area contributed by atoms with Gasteiger partial charge in [0.2, 0.25) is 0 Å². The molecule has 7 heteroatoms. The highest BCUT2D eigenvalue weighted by molar-refractivity contribution is 7.22. The third-order valence-corrected chi connectivity index (χ3v) is 5.88. The number of carbonyl (C=O) groups excluding carboxylic acids is 1. The largest absolute Gasteiger partial charge is 0.308 e. The predicted octanol–water partition coefficient (Wildman–Crippen LogP) is 5.51. The average Bonchev–Trinajstić information content (AvgIpc) is 3.01. The van der Waals surface area contributed by atoms with Crippen molar-refractivity contribution in [3.05, 3.63) is 57.6 Å². The first kappa shape index (κ1) is 22.6. The molecule has 4 nitrogen and oxygen atoms in total. The molecule has 0 saturated heterocycles. The van der Waals surface area contributed by atoms with E-state index in [4.69, 9.17) is 16.6 Å². The van der Waals surface area contributed by atoms with Gasteiger partial charge in [0.05, 0.1) is 10.2 Å². The molecule has 0 unspecified atom stereocenters. The second-order valence-electron chi connectivity index (χ2n) is 7.12. The summed E-state index contributed by atoms with van der Waals surface area (Å²) in [5.74, 6) is -0.0252. The molecule has 1 aromatic heterocycles. The van der Waals surface area contributed by atoms with Crippen molar-refractivity contribution in [1.82, 2.24) is 9.88 Å². The number of anilines is 1. The van der Waals surface area contributed by atoms with Gasteiger partial charge in [0.25, 0.3) is 5.91 Å². The SMILES string of the molecule is Cc1ccc(C(=O)N(CCN(C)C)c2nc3c(C)cc(Cl)cc3s2)cc1C.Cl. The number of amides is 1. The molecule has 0 N–H and O–H groups in total. The number of thiazole rings is 1. The van der Waals surface area contributed by atoms with Crippen molar-refractivity contribution >= 4 is 56.6 Å². The summed E-state index contributed by atoms with van der Waals surface area (Å²) in [5, 5.41) is 1.40. The van der Waals surface area contributed by atoms with Gasteiger partial charge in [-0.2, -0.15) is 0 Å². The van der Waals surface area contributed by atoms with Crippen LogP contribution in [0.15, 0.2) is 30.3 Å². The van der Waals surface area contributed by atoms with Gasteiger partial charge in [0, 0.05) is 23.7 Å². The smallest absolute Gasteiger partial charge is 0.260 e. The number of nitrogens with zero attached hydrogens (tertiary/aromatic N) is 3. The maximum atomic E-state index is 13.3. The molecule has 0 spiro atoms. The minimum Gasteiger partial charge on any atom is -0.308 e. The van der Waals surface area contributed by atoms with Crippen LogP contribution in [-0.4, -0.2) is 43.0 Å². The van der Waals surface area contributed by atoms with Gasteiger partial charge < -0.3 is 4.90 Å². The third kappa shape index (κ3) is 4.84. The zero-order chi connectivity index (χ0) is 19.7. The molecule has 28 heavy (non-hydrogen) atoms. The lowest BCUT2D eigenvalue weighted by atomic mass is 10.1. The highest BCUT2D eigenvalue weighted by Gasteiger charge is 2.22. The molecule has 0 bridgehead atoms. The van der Waals surface area contributed by atoms with Gasteiger partial charge in [0.15, 0.2) is 5.13 Å². The first-order valence-corrected chi connectivity index (χ1v) is 10.1. The molecular formula is C21H25Cl2N3OS. The molecule has 2 aromatic carbocycles. The summed E-state index contributed by atoms with van der Waals surface area (Å²) in [6, 6.07) is 9.66. The first-order valence-electron chi connectivity index (χ1n) is 8.87. The Balaban J connectivity index is 0.00000280. The summed E-state index contributed by atoms with van der Waals surface area (Å²) >= 11 is 7.70. The van der Waals surface area contributed by atoms with E-state index in [2.05, 4.69) is 4.90 Å². The molecule has 1 amide bonds. The second kappa shape index (κ2) is 9.23. The van der Waals surface area contributed by atoms with E-state index in [1.54, 1.807) is 4.90 Å². The van der Waals surface area contributed by atoms with Crippen molar-refractivity contribution < 1.29 is 4.79 Å². The predicted molar refractivity (Wildman–Crippen MR) is 123 cm³/mol. The number of carbonyl (C=O) groups is 1. The number of aryl methyl sites for hydroxylation is 3. The zero-order valence-electron chi connectivity index (χ0n) is 16.7. The molecule has 3 aromatic rings. The minimum atomic E-state index is -0.0252. The van der Waals surface area contributed by atoms with Gasteiger partial charge >= 0.3 is 0 Å². The number of hydrogen-bond acceptors (Lipinski definition) is 4. The third-order valence-electron chi connectivity index (χ3n) is 4.64. The van der Waals surface area contributed by atoms with E-state index in [0.29, 0.717) is 22.3 Å². The van der Waals surface area contributed by atoms with Crippen molar-refractivity contribution in [3.63, 3.8) is 0 Å². The molecular weight excluding hydrogens is 413 g/mol. The average molecular weight is 438 g/mol. The van der Waals surface area contributed by atoms with E-state index in [0.717, 1.165) is 27.9 Å². The Hall–Kier alpha value is -1.66. The van der Waals surface area contributed by atoms with E-state index in [9.17, 15) is 4.79 Å². The number of halogens is 2. The number of benzene rings is 2. The highest BCUT2D eigenvalue weighted by Crippen LogP contribution is 2.33. The van der Waals surface area contributed by atoms with Gasteiger partial charge in [-0.05, 0) is 75.8 Å². The number of rotatable bonds is 5. The van der Waals surface area contributed by atoms with Crippen LogP contribution in [-0.2, 0) is 0 Å². The van der Waals surface area contributed by atoms with Gasteiger partial charge in [0.1, 0.15) is 0 Å². The highest BCUT2D eigenvalue weighted by atomic mass is 35.5. The Kier molecular flexibility index (Phi) is 7.46. The Morgan fingerprint density at radius 3 is 2.39 bits per heavy atom. The van der Waals surface area contributed by atoms with Crippen molar-refractivity contribution in [2.45, 2.75) is 20.8 Å². The summed E-state index contributed by atoms with van der Waals surface area (Å²) in [6.07, 6.45) is 0. The summed E-state index contributed by atoms with van der Waals surface area (Å²) in [5.41, 5.74) is 4.90. The lowest BCUT2D eigenvalue weighted by molar-refractivity contribution is 0.0985. The molecule has 1 heterocycles. The van der Waals surface area contributed by atoms with Crippen molar-refractivity contribution in [1.29, 1.82) is 0 Å². The maximum Gasteiger partial charge on any atom is 0.260 e. The lowest BCUT2D eigenvalue weighted by Gasteiger charge is -2.22. The van der Waals surface area contributed by atoms with Crippen molar-refractivity contribution in [3.8, 4) is 0 Å². The lowest BCUT2D eigenvalue weighted by Crippen LogP contribution is -2.36. The molecule has 0 aliphatic carbocycles. The Bertz CT molecular complexity index is 1000. The second-order valence-corrected chi connectivity index (χ2v) is 8.57. The fourth-order valence-electron chi connectivity index (χ4n) is 2.87. The Morgan fingerprint density at radius 2 is 1.75 bits per heavy atom. The monoisotopic (exact) mass is 437 g/mol. The van der Waals surface area contributed by atoms with E-state index < -0.39 is 0 Å². The fraction of sp³-hybridized carbons (Fsp3) is 0.333. The number of hydrogen-bond donors (Lipinski definition) is 0. The van der Waals surface area contributed by atoms with Crippen LogP contribution in [0.3, 0.4) is 0 Å². The van der Waals surface area contributed by atoms with Crippen LogP contribution in [0.25, 0.3) is 10.2 Å². The standard InChI is InChI=1S/C21H24ClN3OS.ClH/c1-13-6-7-16(10-14(13)2)20(26)25(9-8-24(4)5)21-23-19-15(3)11-17(22)12-18(19)27-21;/h6-7,10-12H,8-9H2,1-5H3;1H. The van der Waals surface area contributed by atoms with Crippen LogP contribution in [0, 0.1) is 20.8 Å². The van der Waals surface area contributed by atoms with Crippen LogP contribution in [0.5, 0.6) is 0 Å². The molecule has 3 rings (SSSR count).